The lowest BCUT2D eigenvalue weighted by atomic mass is 10.1. The van der Waals surface area contributed by atoms with Crippen LogP contribution in [0, 0.1) is 0 Å². The Kier molecular flexibility index (Phi) is 4.59. The molecule has 2 rings (SSSR count). The minimum Gasteiger partial charge on any atom is -0.497 e. The molecule has 0 bridgehead atoms. The van der Waals surface area contributed by atoms with Gasteiger partial charge < -0.3 is 4.74 Å². The second-order valence-electron chi connectivity index (χ2n) is 4.01. The molecule has 0 fully saturated rings. The highest BCUT2D eigenvalue weighted by Gasteiger charge is 1.92. The Hall–Kier alpha value is -1.54. The molecule has 0 amide bonds. The third-order valence-corrected chi connectivity index (χ3v) is 3.16. The molecule has 0 radical (unpaired) electrons. The Labute approximate surface area is 116 Å². The first-order chi connectivity index (χ1) is 8.78. The van der Waals surface area contributed by atoms with Gasteiger partial charge in [-0.2, -0.15) is 0 Å². The van der Waals surface area contributed by atoms with Crippen molar-refractivity contribution >= 4 is 22.0 Å². The highest BCUT2D eigenvalue weighted by Crippen LogP contribution is 2.14. The van der Waals surface area contributed by atoms with E-state index in [0.717, 1.165) is 16.6 Å². The molecule has 0 saturated carbocycles. The molecule has 0 N–H and O–H groups in total. The second kappa shape index (κ2) is 6.41. The van der Waals surface area contributed by atoms with Crippen molar-refractivity contribution in [3.8, 4) is 5.75 Å². The van der Waals surface area contributed by atoms with Crippen LogP contribution in [-0.2, 0) is 6.42 Å². The van der Waals surface area contributed by atoms with Gasteiger partial charge in [0.15, 0.2) is 0 Å². The molecule has 0 unspecified atom stereocenters. The van der Waals surface area contributed by atoms with Crippen LogP contribution in [0.3, 0.4) is 0 Å². The number of methoxy groups -OCH3 is 1. The van der Waals surface area contributed by atoms with Gasteiger partial charge in [-0.25, -0.2) is 0 Å². The second-order valence-corrected chi connectivity index (χ2v) is 4.93. The number of allylic oxidation sites excluding steroid dienone is 1. The van der Waals surface area contributed by atoms with E-state index in [1.54, 1.807) is 7.11 Å². The van der Waals surface area contributed by atoms with Crippen LogP contribution < -0.4 is 4.74 Å². The van der Waals surface area contributed by atoms with Crippen molar-refractivity contribution < 1.29 is 4.74 Å². The largest absolute Gasteiger partial charge is 0.497 e. The minimum atomic E-state index is 0.888. The zero-order valence-corrected chi connectivity index (χ0v) is 11.9. The van der Waals surface area contributed by atoms with Gasteiger partial charge in [0.1, 0.15) is 5.75 Å². The molecule has 0 aliphatic carbocycles. The number of halogens is 1. The van der Waals surface area contributed by atoms with Crippen molar-refractivity contribution in [1.29, 1.82) is 0 Å². The first-order valence-electron chi connectivity index (χ1n) is 5.83. The van der Waals surface area contributed by atoms with Gasteiger partial charge in [0, 0.05) is 4.47 Å². The van der Waals surface area contributed by atoms with E-state index in [9.17, 15) is 0 Å². The fourth-order valence-electron chi connectivity index (χ4n) is 1.71. The van der Waals surface area contributed by atoms with Crippen molar-refractivity contribution in [1.82, 2.24) is 0 Å². The monoisotopic (exact) mass is 302 g/mol. The molecule has 0 aromatic heterocycles. The Morgan fingerprint density at radius 1 is 1.11 bits per heavy atom. The van der Waals surface area contributed by atoms with Gasteiger partial charge in [-0.15, -0.1) is 0 Å². The molecule has 2 aromatic rings. The quantitative estimate of drug-likeness (QED) is 0.794. The number of rotatable bonds is 4. The van der Waals surface area contributed by atoms with Crippen LogP contribution in [0.2, 0.25) is 0 Å². The van der Waals surface area contributed by atoms with Crippen molar-refractivity contribution in [2.75, 3.05) is 7.11 Å². The normalized spacial score (nSPS) is 10.8. The highest BCUT2D eigenvalue weighted by atomic mass is 79.9. The van der Waals surface area contributed by atoms with Crippen LogP contribution in [0.25, 0.3) is 6.08 Å². The van der Waals surface area contributed by atoms with Crippen LogP contribution in [0.4, 0.5) is 0 Å². The summed E-state index contributed by atoms with van der Waals surface area (Å²) in [6, 6.07) is 16.4. The van der Waals surface area contributed by atoms with E-state index >= 15 is 0 Å². The first kappa shape index (κ1) is 12.9. The molecule has 0 aliphatic heterocycles. The lowest BCUT2D eigenvalue weighted by molar-refractivity contribution is 0.415. The molecule has 2 heteroatoms. The molecule has 0 heterocycles. The van der Waals surface area contributed by atoms with E-state index in [2.05, 4.69) is 58.4 Å². The van der Waals surface area contributed by atoms with Gasteiger partial charge >= 0.3 is 0 Å². The Morgan fingerprint density at radius 2 is 1.89 bits per heavy atom. The molecule has 18 heavy (non-hydrogen) atoms. The fraction of sp³-hybridized carbons (Fsp3) is 0.125. The average Bonchev–Trinajstić information content (AvgIpc) is 2.40. The van der Waals surface area contributed by atoms with Gasteiger partial charge in [0.25, 0.3) is 0 Å². The fourth-order valence-corrected chi connectivity index (χ4v) is 2.16. The summed E-state index contributed by atoms with van der Waals surface area (Å²) in [5.74, 6) is 0.888. The topological polar surface area (TPSA) is 9.23 Å². The predicted molar refractivity (Wildman–Crippen MR) is 79.9 cm³/mol. The summed E-state index contributed by atoms with van der Waals surface area (Å²) in [4.78, 5) is 0. The third kappa shape index (κ3) is 3.74. The van der Waals surface area contributed by atoms with E-state index in [-0.39, 0.29) is 0 Å². The predicted octanol–water partition coefficient (Wildman–Crippen LogP) is 4.71. The van der Waals surface area contributed by atoms with Crippen molar-refractivity contribution in [2.45, 2.75) is 6.42 Å². The molecule has 1 nitrogen and oxygen atoms in total. The zero-order valence-electron chi connectivity index (χ0n) is 10.3. The smallest absolute Gasteiger partial charge is 0.118 e. The lowest BCUT2D eigenvalue weighted by Gasteiger charge is -1.99. The standard InChI is InChI=1S/C16H15BrO/c1-18-16-10-8-13(9-11-16)4-2-5-14-6-3-7-15(17)12-14/h2-4,6-12H,5H2,1H3. The van der Waals surface area contributed by atoms with Crippen LogP contribution in [0.5, 0.6) is 5.75 Å². The van der Waals surface area contributed by atoms with Crippen molar-refractivity contribution in [3.63, 3.8) is 0 Å². The Balaban J connectivity index is 1.98. The van der Waals surface area contributed by atoms with Gasteiger partial charge in [-0.1, -0.05) is 52.3 Å². The van der Waals surface area contributed by atoms with Crippen molar-refractivity contribution in [3.05, 3.63) is 70.2 Å². The number of hydrogen-bond acceptors (Lipinski definition) is 1. The maximum Gasteiger partial charge on any atom is 0.118 e. The highest BCUT2D eigenvalue weighted by molar-refractivity contribution is 9.10. The molecular weight excluding hydrogens is 288 g/mol. The maximum absolute atomic E-state index is 5.13. The molecule has 0 aliphatic rings. The minimum absolute atomic E-state index is 0.888. The average molecular weight is 303 g/mol. The SMILES string of the molecule is COc1ccc(C=CCc2cccc(Br)c2)cc1. The van der Waals surface area contributed by atoms with E-state index in [1.165, 1.54) is 11.1 Å². The van der Waals surface area contributed by atoms with Gasteiger partial charge in [-0.05, 0) is 41.8 Å². The van der Waals surface area contributed by atoms with Crippen LogP contribution >= 0.6 is 15.9 Å². The summed E-state index contributed by atoms with van der Waals surface area (Å²) in [6.45, 7) is 0. The van der Waals surface area contributed by atoms with Crippen LogP contribution in [0.1, 0.15) is 11.1 Å². The van der Waals surface area contributed by atoms with E-state index in [0.29, 0.717) is 0 Å². The third-order valence-electron chi connectivity index (χ3n) is 2.67. The number of hydrogen-bond donors (Lipinski definition) is 0. The van der Waals surface area contributed by atoms with E-state index in [4.69, 9.17) is 4.74 Å². The van der Waals surface area contributed by atoms with E-state index < -0.39 is 0 Å². The Bertz CT molecular complexity index is 529. The lowest BCUT2D eigenvalue weighted by Crippen LogP contribution is -1.82. The molecule has 2 aromatic carbocycles. The zero-order chi connectivity index (χ0) is 12.8. The number of ether oxygens (including phenoxy) is 1. The van der Waals surface area contributed by atoms with Gasteiger partial charge in [0.2, 0.25) is 0 Å². The van der Waals surface area contributed by atoms with Crippen LogP contribution in [0.15, 0.2) is 59.1 Å². The van der Waals surface area contributed by atoms with Crippen LogP contribution in [-0.4, -0.2) is 7.11 Å². The van der Waals surface area contributed by atoms with Crippen molar-refractivity contribution in [2.24, 2.45) is 0 Å². The van der Waals surface area contributed by atoms with Gasteiger partial charge in [-0.3, -0.25) is 0 Å². The molecule has 0 spiro atoms. The van der Waals surface area contributed by atoms with Gasteiger partial charge in [0.05, 0.1) is 7.11 Å². The maximum atomic E-state index is 5.13. The molecule has 0 saturated heterocycles. The Morgan fingerprint density at radius 3 is 2.56 bits per heavy atom. The summed E-state index contributed by atoms with van der Waals surface area (Å²) in [7, 11) is 1.68. The first-order valence-corrected chi connectivity index (χ1v) is 6.62. The summed E-state index contributed by atoms with van der Waals surface area (Å²) in [5, 5.41) is 0. The summed E-state index contributed by atoms with van der Waals surface area (Å²) in [5.41, 5.74) is 2.49. The molecule has 92 valence electrons. The summed E-state index contributed by atoms with van der Waals surface area (Å²) in [6.07, 6.45) is 5.23. The molecular formula is C16H15BrO. The summed E-state index contributed by atoms with van der Waals surface area (Å²) < 4.78 is 6.25. The summed E-state index contributed by atoms with van der Waals surface area (Å²) >= 11 is 3.48. The molecule has 0 atom stereocenters. The number of benzene rings is 2. The van der Waals surface area contributed by atoms with E-state index in [1.807, 2.05) is 18.2 Å².